The van der Waals surface area contributed by atoms with Gasteiger partial charge in [0.25, 0.3) is 0 Å². The first-order valence-electron chi connectivity index (χ1n) is 9.45. The van der Waals surface area contributed by atoms with Gasteiger partial charge < -0.3 is 5.32 Å². The number of carbonyl (C=O) groups is 1. The van der Waals surface area contributed by atoms with Crippen LogP contribution in [0.1, 0.15) is 28.2 Å². The van der Waals surface area contributed by atoms with E-state index in [0.29, 0.717) is 19.0 Å². The van der Waals surface area contributed by atoms with Gasteiger partial charge in [0, 0.05) is 25.6 Å². The standard InChI is InChI=1S/C24H24N2O/c27-24(25-15-19-9-3-1-4-10-19)18-26-16-21-13-7-8-14-22(21)23(17-26)20-11-5-2-6-12-20/h1-14,23H,15-18H2,(H,25,27). The fourth-order valence-electron chi connectivity index (χ4n) is 3.83. The molecule has 1 N–H and O–H groups in total. The second-order valence-electron chi connectivity index (χ2n) is 7.09. The van der Waals surface area contributed by atoms with E-state index in [1.807, 2.05) is 36.4 Å². The number of carbonyl (C=O) groups excluding carboxylic acids is 1. The molecule has 0 radical (unpaired) electrons. The van der Waals surface area contributed by atoms with Crippen LogP contribution in [0.25, 0.3) is 0 Å². The third-order valence-electron chi connectivity index (χ3n) is 5.17. The van der Waals surface area contributed by atoms with Gasteiger partial charge in [-0.3, -0.25) is 9.69 Å². The quantitative estimate of drug-likeness (QED) is 0.751. The first-order valence-corrected chi connectivity index (χ1v) is 9.45. The van der Waals surface area contributed by atoms with Crippen molar-refractivity contribution in [3.8, 4) is 0 Å². The molecule has 3 aromatic carbocycles. The van der Waals surface area contributed by atoms with Crippen LogP contribution in [0.15, 0.2) is 84.9 Å². The zero-order valence-electron chi connectivity index (χ0n) is 15.3. The molecule has 136 valence electrons. The Morgan fingerprint density at radius 1 is 0.889 bits per heavy atom. The summed E-state index contributed by atoms with van der Waals surface area (Å²) in [7, 11) is 0. The average molecular weight is 356 g/mol. The third kappa shape index (κ3) is 4.26. The van der Waals surface area contributed by atoms with Gasteiger partial charge in [0.05, 0.1) is 6.54 Å². The Kier molecular flexibility index (Phi) is 5.31. The van der Waals surface area contributed by atoms with Crippen molar-refractivity contribution in [2.75, 3.05) is 13.1 Å². The van der Waals surface area contributed by atoms with Gasteiger partial charge in [-0.05, 0) is 22.3 Å². The summed E-state index contributed by atoms with van der Waals surface area (Å²) in [5.41, 5.74) is 5.12. The van der Waals surface area contributed by atoms with E-state index >= 15 is 0 Å². The van der Waals surface area contributed by atoms with E-state index in [4.69, 9.17) is 0 Å². The molecule has 1 aliphatic rings. The van der Waals surface area contributed by atoms with Crippen LogP contribution in [0.4, 0.5) is 0 Å². The summed E-state index contributed by atoms with van der Waals surface area (Å²) < 4.78 is 0. The summed E-state index contributed by atoms with van der Waals surface area (Å²) in [6.45, 7) is 2.68. The van der Waals surface area contributed by atoms with Crippen molar-refractivity contribution >= 4 is 5.91 Å². The number of hydrogen-bond acceptors (Lipinski definition) is 2. The first-order chi connectivity index (χ1) is 13.3. The Hall–Kier alpha value is -2.91. The van der Waals surface area contributed by atoms with Gasteiger partial charge in [-0.25, -0.2) is 0 Å². The highest BCUT2D eigenvalue weighted by atomic mass is 16.2. The van der Waals surface area contributed by atoms with E-state index in [0.717, 1.165) is 18.7 Å². The molecule has 1 atom stereocenters. The summed E-state index contributed by atoms with van der Waals surface area (Å²) in [4.78, 5) is 14.7. The molecule has 1 unspecified atom stereocenters. The summed E-state index contributed by atoms with van der Waals surface area (Å²) in [5.74, 6) is 0.378. The van der Waals surface area contributed by atoms with E-state index in [9.17, 15) is 4.79 Å². The van der Waals surface area contributed by atoms with E-state index in [1.165, 1.54) is 16.7 Å². The monoisotopic (exact) mass is 356 g/mol. The molecule has 3 heteroatoms. The Bertz CT molecular complexity index is 893. The Balaban J connectivity index is 1.45. The lowest BCUT2D eigenvalue weighted by molar-refractivity contribution is -0.122. The molecule has 0 aliphatic carbocycles. The van der Waals surface area contributed by atoms with Gasteiger partial charge in [-0.15, -0.1) is 0 Å². The molecule has 3 aromatic rings. The van der Waals surface area contributed by atoms with Crippen LogP contribution in [0, 0.1) is 0 Å². The second kappa shape index (κ2) is 8.19. The van der Waals surface area contributed by atoms with Crippen molar-refractivity contribution in [1.29, 1.82) is 0 Å². The minimum Gasteiger partial charge on any atom is -0.351 e. The molecule has 3 nitrogen and oxygen atoms in total. The van der Waals surface area contributed by atoms with Crippen LogP contribution in [0.3, 0.4) is 0 Å². The fourth-order valence-corrected chi connectivity index (χ4v) is 3.83. The second-order valence-corrected chi connectivity index (χ2v) is 7.09. The van der Waals surface area contributed by atoms with Gasteiger partial charge in [-0.1, -0.05) is 84.9 Å². The Labute approximate surface area is 160 Å². The van der Waals surface area contributed by atoms with Gasteiger partial charge in [0.2, 0.25) is 5.91 Å². The Morgan fingerprint density at radius 2 is 1.56 bits per heavy atom. The number of fused-ring (bicyclic) bond motifs is 1. The topological polar surface area (TPSA) is 32.3 Å². The van der Waals surface area contributed by atoms with Gasteiger partial charge >= 0.3 is 0 Å². The minimum absolute atomic E-state index is 0.0741. The van der Waals surface area contributed by atoms with Crippen molar-refractivity contribution in [1.82, 2.24) is 10.2 Å². The predicted molar refractivity (Wildman–Crippen MR) is 108 cm³/mol. The summed E-state index contributed by atoms with van der Waals surface area (Å²) in [5, 5.41) is 3.04. The first kappa shape index (κ1) is 17.5. The van der Waals surface area contributed by atoms with Crippen LogP contribution < -0.4 is 5.32 Å². The van der Waals surface area contributed by atoms with Gasteiger partial charge in [0.1, 0.15) is 0 Å². The lowest BCUT2D eigenvalue weighted by atomic mass is 9.84. The highest BCUT2D eigenvalue weighted by molar-refractivity contribution is 5.78. The molecular weight excluding hydrogens is 332 g/mol. The van der Waals surface area contributed by atoms with Crippen molar-refractivity contribution in [3.63, 3.8) is 0 Å². The summed E-state index contributed by atoms with van der Waals surface area (Å²) in [6, 6.07) is 29.2. The largest absolute Gasteiger partial charge is 0.351 e. The number of nitrogens with zero attached hydrogens (tertiary/aromatic N) is 1. The van der Waals surface area contributed by atoms with E-state index < -0.39 is 0 Å². The summed E-state index contributed by atoms with van der Waals surface area (Å²) >= 11 is 0. The van der Waals surface area contributed by atoms with Crippen molar-refractivity contribution in [2.24, 2.45) is 0 Å². The molecule has 1 amide bonds. The van der Waals surface area contributed by atoms with Crippen LogP contribution in [-0.2, 0) is 17.9 Å². The lowest BCUT2D eigenvalue weighted by Gasteiger charge is -2.34. The van der Waals surface area contributed by atoms with Gasteiger partial charge in [-0.2, -0.15) is 0 Å². The van der Waals surface area contributed by atoms with Crippen LogP contribution in [0.2, 0.25) is 0 Å². The van der Waals surface area contributed by atoms with Crippen molar-refractivity contribution < 1.29 is 4.79 Å². The number of rotatable bonds is 5. The molecule has 27 heavy (non-hydrogen) atoms. The number of nitrogens with one attached hydrogen (secondary N) is 1. The van der Waals surface area contributed by atoms with Crippen molar-refractivity contribution in [3.05, 3.63) is 107 Å². The zero-order chi connectivity index (χ0) is 18.5. The molecule has 0 aromatic heterocycles. The maximum atomic E-state index is 12.5. The van der Waals surface area contributed by atoms with Crippen LogP contribution in [0.5, 0.6) is 0 Å². The number of benzene rings is 3. The minimum atomic E-state index is 0.0741. The Morgan fingerprint density at radius 3 is 2.33 bits per heavy atom. The normalized spacial score (nSPS) is 16.5. The smallest absolute Gasteiger partial charge is 0.234 e. The van der Waals surface area contributed by atoms with E-state index in [-0.39, 0.29) is 5.91 Å². The lowest BCUT2D eigenvalue weighted by Crippen LogP contribution is -2.41. The molecule has 4 rings (SSSR count). The molecule has 0 fully saturated rings. The van der Waals surface area contributed by atoms with E-state index in [2.05, 4.69) is 58.7 Å². The maximum Gasteiger partial charge on any atom is 0.234 e. The van der Waals surface area contributed by atoms with Gasteiger partial charge in [0.15, 0.2) is 0 Å². The van der Waals surface area contributed by atoms with Crippen LogP contribution >= 0.6 is 0 Å². The van der Waals surface area contributed by atoms with E-state index in [1.54, 1.807) is 0 Å². The van der Waals surface area contributed by atoms with Crippen LogP contribution in [-0.4, -0.2) is 23.9 Å². The molecule has 1 heterocycles. The zero-order valence-corrected chi connectivity index (χ0v) is 15.3. The average Bonchev–Trinajstić information content (AvgIpc) is 2.73. The molecule has 0 bridgehead atoms. The third-order valence-corrected chi connectivity index (χ3v) is 5.17. The summed E-state index contributed by atoms with van der Waals surface area (Å²) in [6.07, 6.45) is 0. The maximum absolute atomic E-state index is 12.5. The molecular formula is C24H24N2O. The molecule has 0 spiro atoms. The highest BCUT2D eigenvalue weighted by Gasteiger charge is 2.27. The molecule has 0 saturated heterocycles. The SMILES string of the molecule is O=C(CN1Cc2ccccc2C(c2ccccc2)C1)NCc1ccccc1. The highest BCUT2D eigenvalue weighted by Crippen LogP contribution is 2.33. The predicted octanol–water partition coefficient (Wildman–Crippen LogP) is 3.95. The molecule has 1 aliphatic heterocycles. The number of hydrogen-bond donors (Lipinski definition) is 1. The van der Waals surface area contributed by atoms with Crippen molar-refractivity contribution in [2.45, 2.75) is 19.0 Å². The fraction of sp³-hybridized carbons (Fsp3) is 0.208. The molecule has 0 saturated carbocycles. The number of amides is 1.